The van der Waals surface area contributed by atoms with Crippen LogP contribution in [0.1, 0.15) is 42.5 Å². The average Bonchev–Trinajstić information content (AvgIpc) is 2.89. The lowest BCUT2D eigenvalue weighted by atomic mass is 9.76. The van der Waals surface area contributed by atoms with E-state index in [2.05, 4.69) is 15.9 Å². The predicted octanol–water partition coefficient (Wildman–Crippen LogP) is 2.58. The van der Waals surface area contributed by atoms with Gasteiger partial charge in [-0.2, -0.15) is 5.26 Å². The molecule has 0 bridgehead atoms. The molecule has 1 aliphatic carbocycles. The maximum absolute atomic E-state index is 13.5. The molecule has 2 amide bonds. The van der Waals surface area contributed by atoms with E-state index in [1.807, 2.05) is 23.9 Å². The number of amides is 2. The molecule has 0 aromatic heterocycles. The van der Waals surface area contributed by atoms with Crippen LogP contribution in [-0.4, -0.2) is 97.9 Å². The van der Waals surface area contributed by atoms with E-state index in [1.165, 1.54) is 0 Å². The molecule has 8 nitrogen and oxygen atoms in total. The van der Waals surface area contributed by atoms with Gasteiger partial charge in [0.2, 0.25) is 0 Å². The third-order valence-corrected chi connectivity index (χ3v) is 7.57. The first-order chi connectivity index (χ1) is 16.9. The molecule has 35 heavy (non-hydrogen) atoms. The summed E-state index contributed by atoms with van der Waals surface area (Å²) in [6.07, 6.45) is 5.16. The van der Waals surface area contributed by atoms with Gasteiger partial charge >= 0.3 is 0 Å². The third-order valence-electron chi connectivity index (χ3n) is 7.57. The molecule has 8 heteroatoms. The van der Waals surface area contributed by atoms with Crippen molar-refractivity contribution in [1.29, 1.82) is 5.26 Å². The number of nitriles is 1. The van der Waals surface area contributed by atoms with E-state index in [0.29, 0.717) is 43.9 Å². The Bertz CT molecular complexity index is 989. The number of ether oxygens (including phenoxy) is 1. The molecule has 3 aliphatic rings. The minimum Gasteiger partial charge on any atom is -0.497 e. The van der Waals surface area contributed by atoms with Crippen LogP contribution in [0.4, 0.5) is 0 Å². The molecular weight excluding hydrogens is 442 g/mol. The number of hydrogen-bond acceptors (Lipinski definition) is 6. The highest BCUT2D eigenvalue weighted by Gasteiger charge is 2.44. The van der Waals surface area contributed by atoms with Crippen LogP contribution < -0.4 is 4.74 Å². The fourth-order valence-corrected chi connectivity index (χ4v) is 5.78. The van der Waals surface area contributed by atoms with Crippen LogP contribution in [0.5, 0.6) is 5.75 Å². The van der Waals surface area contributed by atoms with Crippen molar-refractivity contribution in [2.45, 2.75) is 38.1 Å². The topological polar surface area (TPSA) is 80.1 Å². The van der Waals surface area contributed by atoms with E-state index in [1.54, 1.807) is 31.4 Å². The summed E-state index contributed by atoms with van der Waals surface area (Å²) in [6.45, 7) is 4.04. The molecule has 2 fully saturated rings. The van der Waals surface area contributed by atoms with Crippen LogP contribution in [0.15, 0.2) is 35.5 Å². The van der Waals surface area contributed by atoms with E-state index in [9.17, 15) is 14.9 Å². The number of nitrogens with zero attached hydrogens (tertiary/aromatic N) is 5. The van der Waals surface area contributed by atoms with Gasteiger partial charge in [0.15, 0.2) is 0 Å². The average molecular weight is 480 g/mol. The molecule has 4 rings (SSSR count). The Hall–Kier alpha value is -3.05. The highest BCUT2D eigenvalue weighted by Crippen LogP contribution is 2.41. The van der Waals surface area contributed by atoms with Crippen LogP contribution in [0.25, 0.3) is 0 Å². The molecule has 1 aromatic carbocycles. The smallest absolute Gasteiger partial charge is 0.266 e. The van der Waals surface area contributed by atoms with Crippen molar-refractivity contribution in [3.05, 3.63) is 41.1 Å². The molecule has 0 spiro atoms. The number of piperazine rings is 1. The second kappa shape index (κ2) is 11.1. The lowest BCUT2D eigenvalue weighted by Gasteiger charge is -2.49. The first-order valence-corrected chi connectivity index (χ1v) is 12.7. The van der Waals surface area contributed by atoms with Crippen LogP contribution >= 0.6 is 0 Å². The van der Waals surface area contributed by atoms with Gasteiger partial charge in [-0.3, -0.25) is 9.59 Å². The molecule has 1 saturated carbocycles. The number of rotatable bonds is 7. The number of hydrogen-bond donors (Lipinski definition) is 0. The number of carbonyl (C=O) groups excluding carboxylic acids is 2. The molecule has 188 valence electrons. The van der Waals surface area contributed by atoms with Gasteiger partial charge in [-0.05, 0) is 64.2 Å². The van der Waals surface area contributed by atoms with Crippen LogP contribution in [0.3, 0.4) is 0 Å². The van der Waals surface area contributed by atoms with Crippen LogP contribution in [0.2, 0.25) is 0 Å². The normalized spacial score (nSPS) is 22.8. The summed E-state index contributed by atoms with van der Waals surface area (Å²) in [4.78, 5) is 34.7. The number of fused-ring (bicyclic) bond motifs is 1. The lowest BCUT2D eigenvalue weighted by molar-refractivity contribution is -0.132. The van der Waals surface area contributed by atoms with Gasteiger partial charge < -0.3 is 24.3 Å². The fourth-order valence-electron chi connectivity index (χ4n) is 5.78. The zero-order valence-electron chi connectivity index (χ0n) is 21.2. The molecule has 1 aromatic rings. The SMILES string of the molecule is COc1ccc(C(=O)N2CCN(C3=C(C#N)C(=O)N(CCCN(C)C)C4CCCCC34)CC2)cc1. The highest BCUT2D eigenvalue weighted by molar-refractivity contribution is 5.99. The Morgan fingerprint density at radius 3 is 2.43 bits per heavy atom. The maximum Gasteiger partial charge on any atom is 0.266 e. The molecule has 2 unspecified atom stereocenters. The summed E-state index contributed by atoms with van der Waals surface area (Å²) in [5.74, 6) is 0.826. The van der Waals surface area contributed by atoms with E-state index in [0.717, 1.165) is 50.1 Å². The molecule has 1 saturated heterocycles. The monoisotopic (exact) mass is 479 g/mol. The third kappa shape index (κ3) is 5.30. The summed E-state index contributed by atoms with van der Waals surface area (Å²) < 4.78 is 5.19. The molecule has 2 aliphatic heterocycles. The van der Waals surface area contributed by atoms with Gasteiger partial charge in [-0.15, -0.1) is 0 Å². The number of carbonyl (C=O) groups is 2. The van der Waals surface area contributed by atoms with Crippen molar-refractivity contribution in [2.24, 2.45) is 5.92 Å². The molecular formula is C27H37N5O3. The van der Waals surface area contributed by atoms with Gasteiger partial charge in [0, 0.05) is 55.9 Å². The molecule has 0 radical (unpaired) electrons. The first-order valence-electron chi connectivity index (χ1n) is 12.7. The van der Waals surface area contributed by atoms with Crippen LogP contribution in [0, 0.1) is 17.2 Å². The van der Waals surface area contributed by atoms with E-state index in [-0.39, 0.29) is 23.8 Å². The molecule has 0 N–H and O–H groups in total. The zero-order valence-corrected chi connectivity index (χ0v) is 21.2. The summed E-state index contributed by atoms with van der Waals surface area (Å²) in [5.41, 5.74) is 1.89. The molecule has 2 atom stereocenters. The lowest BCUT2D eigenvalue weighted by Crippen LogP contribution is -2.56. The van der Waals surface area contributed by atoms with Gasteiger partial charge in [0.25, 0.3) is 11.8 Å². The second-order valence-corrected chi connectivity index (χ2v) is 9.99. The summed E-state index contributed by atoms with van der Waals surface area (Å²) in [6, 6.07) is 9.63. The first kappa shape index (κ1) is 25.1. The Morgan fingerprint density at radius 2 is 1.80 bits per heavy atom. The Kier molecular flexibility index (Phi) is 7.97. The standard InChI is InChI=1S/C27H37N5O3/c1-29(2)13-6-14-32-24-8-5-4-7-22(24)25(23(19-28)27(32)34)30-15-17-31(18-16-30)26(33)20-9-11-21(35-3)12-10-20/h9-12,22,24H,4-8,13-18H2,1-3H3. The summed E-state index contributed by atoms with van der Waals surface area (Å²) in [5, 5.41) is 10.1. The molecule has 2 heterocycles. The quantitative estimate of drug-likeness (QED) is 0.598. The van der Waals surface area contributed by atoms with Crippen LogP contribution in [-0.2, 0) is 4.79 Å². The largest absolute Gasteiger partial charge is 0.497 e. The Morgan fingerprint density at radius 1 is 1.11 bits per heavy atom. The predicted molar refractivity (Wildman–Crippen MR) is 134 cm³/mol. The van der Waals surface area contributed by atoms with Crippen molar-refractivity contribution in [3.8, 4) is 11.8 Å². The van der Waals surface area contributed by atoms with Crippen molar-refractivity contribution in [1.82, 2.24) is 19.6 Å². The van der Waals surface area contributed by atoms with Gasteiger partial charge in [-0.25, -0.2) is 0 Å². The van der Waals surface area contributed by atoms with Crippen molar-refractivity contribution >= 4 is 11.8 Å². The number of benzene rings is 1. The summed E-state index contributed by atoms with van der Waals surface area (Å²) >= 11 is 0. The second-order valence-electron chi connectivity index (χ2n) is 9.99. The van der Waals surface area contributed by atoms with Crippen molar-refractivity contribution < 1.29 is 14.3 Å². The van der Waals surface area contributed by atoms with Gasteiger partial charge in [-0.1, -0.05) is 12.8 Å². The van der Waals surface area contributed by atoms with E-state index >= 15 is 0 Å². The van der Waals surface area contributed by atoms with Gasteiger partial charge in [0.1, 0.15) is 17.4 Å². The fraction of sp³-hybridized carbons (Fsp3) is 0.593. The van der Waals surface area contributed by atoms with Gasteiger partial charge in [0.05, 0.1) is 7.11 Å². The van der Waals surface area contributed by atoms with Crippen molar-refractivity contribution in [3.63, 3.8) is 0 Å². The zero-order chi connectivity index (χ0) is 24.9. The van der Waals surface area contributed by atoms with E-state index < -0.39 is 0 Å². The minimum atomic E-state index is -0.110. The Balaban J connectivity index is 1.49. The van der Waals surface area contributed by atoms with E-state index in [4.69, 9.17) is 4.74 Å². The Labute approximate surface area is 208 Å². The highest BCUT2D eigenvalue weighted by atomic mass is 16.5. The maximum atomic E-state index is 13.5. The minimum absolute atomic E-state index is 0.00381. The van der Waals surface area contributed by atoms with Crippen molar-refractivity contribution in [2.75, 3.05) is 60.5 Å². The number of methoxy groups -OCH3 is 1. The summed E-state index contributed by atoms with van der Waals surface area (Å²) in [7, 11) is 5.69.